The second-order valence-corrected chi connectivity index (χ2v) is 7.26. The molecule has 124 valence electrons. The number of anilines is 1. The molecule has 0 aliphatic rings. The molecule has 25 heavy (non-hydrogen) atoms. The Bertz CT molecular complexity index is 1140. The Balaban J connectivity index is 1.81. The standard InChI is InChI=1S/C19H15N3O2S/c23-25(24,22-18-11-6-10-17-16(18)13-20-21-17)19-12-5-4-9-15(19)14-7-2-1-3-8-14/h1-13,22H,(H,20,21). The van der Waals surface area contributed by atoms with Crippen LogP contribution in [0.4, 0.5) is 5.69 Å². The Morgan fingerprint density at radius 3 is 2.44 bits per heavy atom. The fourth-order valence-electron chi connectivity index (χ4n) is 2.81. The first-order chi connectivity index (χ1) is 12.1. The molecule has 4 aromatic rings. The highest BCUT2D eigenvalue weighted by Gasteiger charge is 2.20. The van der Waals surface area contributed by atoms with Gasteiger partial charge in [0.2, 0.25) is 0 Å². The number of rotatable bonds is 4. The molecule has 1 heterocycles. The molecule has 0 aliphatic heterocycles. The van der Waals surface area contributed by atoms with Crippen molar-refractivity contribution in [3.63, 3.8) is 0 Å². The summed E-state index contributed by atoms with van der Waals surface area (Å²) in [5, 5.41) is 7.53. The van der Waals surface area contributed by atoms with E-state index in [4.69, 9.17) is 0 Å². The van der Waals surface area contributed by atoms with Gasteiger partial charge in [-0.2, -0.15) is 5.10 Å². The van der Waals surface area contributed by atoms with E-state index in [2.05, 4.69) is 14.9 Å². The fourth-order valence-corrected chi connectivity index (χ4v) is 4.12. The van der Waals surface area contributed by atoms with Crippen molar-refractivity contribution >= 4 is 26.6 Å². The van der Waals surface area contributed by atoms with Gasteiger partial charge in [0.1, 0.15) is 0 Å². The van der Waals surface area contributed by atoms with Gasteiger partial charge in [-0.15, -0.1) is 0 Å². The quantitative estimate of drug-likeness (QED) is 0.584. The molecule has 6 heteroatoms. The summed E-state index contributed by atoms with van der Waals surface area (Å²) in [7, 11) is -3.75. The topological polar surface area (TPSA) is 74.8 Å². The number of hydrogen-bond donors (Lipinski definition) is 2. The van der Waals surface area contributed by atoms with Crippen LogP contribution < -0.4 is 4.72 Å². The zero-order chi connectivity index (χ0) is 17.3. The molecule has 0 saturated carbocycles. The first-order valence-electron chi connectivity index (χ1n) is 7.74. The van der Waals surface area contributed by atoms with Gasteiger partial charge in [-0.3, -0.25) is 9.82 Å². The summed E-state index contributed by atoms with van der Waals surface area (Å²) in [5.41, 5.74) is 2.78. The van der Waals surface area contributed by atoms with E-state index in [1.165, 1.54) is 0 Å². The average molecular weight is 349 g/mol. The Kier molecular flexibility index (Phi) is 3.74. The van der Waals surface area contributed by atoms with Gasteiger partial charge in [0.15, 0.2) is 0 Å². The van der Waals surface area contributed by atoms with Crippen molar-refractivity contribution in [3.05, 3.63) is 79.0 Å². The maximum atomic E-state index is 13.0. The summed E-state index contributed by atoms with van der Waals surface area (Å²) in [6, 6.07) is 21.8. The molecular formula is C19H15N3O2S. The highest BCUT2D eigenvalue weighted by molar-refractivity contribution is 7.92. The summed E-state index contributed by atoms with van der Waals surface area (Å²) in [6.07, 6.45) is 1.61. The molecule has 2 N–H and O–H groups in total. The smallest absolute Gasteiger partial charge is 0.262 e. The average Bonchev–Trinajstić information content (AvgIpc) is 3.12. The van der Waals surface area contributed by atoms with Gasteiger partial charge >= 0.3 is 0 Å². The molecule has 0 atom stereocenters. The number of nitrogens with zero attached hydrogens (tertiary/aromatic N) is 1. The normalized spacial score (nSPS) is 11.5. The van der Waals surface area contributed by atoms with Crippen LogP contribution in [-0.2, 0) is 10.0 Å². The third-order valence-electron chi connectivity index (χ3n) is 3.99. The molecular weight excluding hydrogens is 334 g/mol. The first kappa shape index (κ1) is 15.4. The predicted molar refractivity (Wildman–Crippen MR) is 98.8 cm³/mol. The molecule has 1 aromatic heterocycles. The van der Waals surface area contributed by atoms with Crippen molar-refractivity contribution in [1.29, 1.82) is 0 Å². The summed E-state index contributed by atoms with van der Waals surface area (Å²) in [5.74, 6) is 0. The maximum absolute atomic E-state index is 13.0. The van der Waals surface area contributed by atoms with Crippen LogP contribution in [0.2, 0.25) is 0 Å². The van der Waals surface area contributed by atoms with E-state index in [1.54, 1.807) is 30.5 Å². The molecule has 3 aromatic carbocycles. The number of H-pyrrole nitrogens is 1. The van der Waals surface area contributed by atoms with Crippen molar-refractivity contribution < 1.29 is 8.42 Å². The molecule has 0 fully saturated rings. The zero-order valence-electron chi connectivity index (χ0n) is 13.2. The van der Waals surface area contributed by atoms with Crippen LogP contribution >= 0.6 is 0 Å². The van der Waals surface area contributed by atoms with E-state index >= 15 is 0 Å². The molecule has 0 spiro atoms. The van der Waals surface area contributed by atoms with Crippen LogP contribution in [0.3, 0.4) is 0 Å². The lowest BCUT2D eigenvalue weighted by Gasteiger charge is -2.13. The number of aromatic nitrogens is 2. The fraction of sp³-hybridized carbons (Fsp3) is 0. The molecule has 0 unspecified atom stereocenters. The van der Waals surface area contributed by atoms with Gasteiger partial charge in [-0.05, 0) is 23.8 Å². The van der Waals surface area contributed by atoms with Crippen LogP contribution in [0.25, 0.3) is 22.0 Å². The number of fused-ring (bicyclic) bond motifs is 1. The van der Waals surface area contributed by atoms with Gasteiger partial charge < -0.3 is 0 Å². The van der Waals surface area contributed by atoms with Crippen LogP contribution in [0, 0.1) is 0 Å². The Labute approximate surface area is 145 Å². The van der Waals surface area contributed by atoms with Crippen LogP contribution in [0.5, 0.6) is 0 Å². The van der Waals surface area contributed by atoms with Gasteiger partial charge in [0.05, 0.1) is 22.3 Å². The van der Waals surface area contributed by atoms with Crippen LogP contribution in [0.1, 0.15) is 0 Å². The van der Waals surface area contributed by atoms with E-state index in [0.717, 1.165) is 16.5 Å². The van der Waals surface area contributed by atoms with Crippen molar-refractivity contribution in [1.82, 2.24) is 10.2 Å². The van der Waals surface area contributed by atoms with Gasteiger partial charge in [-0.25, -0.2) is 8.42 Å². The second-order valence-electron chi connectivity index (χ2n) is 5.60. The highest BCUT2D eigenvalue weighted by atomic mass is 32.2. The Hall–Kier alpha value is -3.12. The minimum atomic E-state index is -3.75. The van der Waals surface area contributed by atoms with E-state index in [0.29, 0.717) is 11.3 Å². The zero-order valence-corrected chi connectivity index (χ0v) is 14.0. The van der Waals surface area contributed by atoms with E-state index in [9.17, 15) is 8.42 Å². The maximum Gasteiger partial charge on any atom is 0.262 e. The minimum absolute atomic E-state index is 0.238. The van der Waals surface area contributed by atoms with Crippen molar-refractivity contribution in [2.45, 2.75) is 4.90 Å². The lowest BCUT2D eigenvalue weighted by atomic mass is 10.1. The summed E-state index contributed by atoms with van der Waals surface area (Å²) in [4.78, 5) is 0.238. The summed E-state index contributed by atoms with van der Waals surface area (Å²) in [6.45, 7) is 0. The number of aromatic amines is 1. The molecule has 0 bridgehead atoms. The summed E-state index contributed by atoms with van der Waals surface area (Å²) >= 11 is 0. The third kappa shape index (κ3) is 2.88. The molecule has 0 amide bonds. The van der Waals surface area contributed by atoms with Crippen molar-refractivity contribution in [2.24, 2.45) is 0 Å². The molecule has 0 radical (unpaired) electrons. The SMILES string of the molecule is O=S(=O)(Nc1cccc2[nH]ncc12)c1ccccc1-c1ccccc1. The van der Waals surface area contributed by atoms with E-state index in [-0.39, 0.29) is 4.90 Å². The number of hydrogen-bond acceptors (Lipinski definition) is 3. The predicted octanol–water partition coefficient (Wildman–Crippen LogP) is 4.03. The third-order valence-corrected chi connectivity index (χ3v) is 5.41. The minimum Gasteiger partial charge on any atom is -0.279 e. The number of benzene rings is 3. The number of sulfonamides is 1. The van der Waals surface area contributed by atoms with Crippen molar-refractivity contribution in [3.8, 4) is 11.1 Å². The number of nitrogens with one attached hydrogen (secondary N) is 2. The molecule has 0 aliphatic carbocycles. The van der Waals surface area contributed by atoms with Crippen LogP contribution in [0.15, 0.2) is 83.9 Å². The van der Waals surface area contributed by atoms with Gasteiger partial charge in [-0.1, -0.05) is 54.6 Å². The van der Waals surface area contributed by atoms with Gasteiger partial charge in [0, 0.05) is 10.9 Å². The van der Waals surface area contributed by atoms with Gasteiger partial charge in [0.25, 0.3) is 10.0 Å². The largest absolute Gasteiger partial charge is 0.279 e. The molecule has 4 rings (SSSR count). The Morgan fingerprint density at radius 2 is 1.60 bits per heavy atom. The van der Waals surface area contributed by atoms with E-state index < -0.39 is 10.0 Å². The first-order valence-corrected chi connectivity index (χ1v) is 9.23. The summed E-state index contributed by atoms with van der Waals surface area (Å²) < 4.78 is 28.7. The van der Waals surface area contributed by atoms with Crippen molar-refractivity contribution in [2.75, 3.05) is 4.72 Å². The molecule has 5 nitrogen and oxygen atoms in total. The monoisotopic (exact) mass is 349 g/mol. The molecule has 0 saturated heterocycles. The van der Waals surface area contributed by atoms with E-state index in [1.807, 2.05) is 48.5 Å². The Morgan fingerprint density at radius 1 is 0.840 bits per heavy atom. The lowest BCUT2D eigenvalue weighted by Crippen LogP contribution is -2.14. The second kappa shape index (κ2) is 6.07. The highest BCUT2D eigenvalue weighted by Crippen LogP contribution is 2.30. The van der Waals surface area contributed by atoms with Crippen LogP contribution in [-0.4, -0.2) is 18.6 Å². The lowest BCUT2D eigenvalue weighted by molar-refractivity contribution is 0.601.